The second-order valence-electron chi connectivity index (χ2n) is 5.29. The quantitative estimate of drug-likeness (QED) is 0.659. The molecule has 18 heavy (non-hydrogen) atoms. The summed E-state index contributed by atoms with van der Waals surface area (Å²) < 4.78 is 5.47. The lowest BCUT2D eigenvalue weighted by molar-refractivity contribution is -0.136. The first-order valence-electron chi connectivity index (χ1n) is 6.67. The van der Waals surface area contributed by atoms with Crippen molar-refractivity contribution in [3.8, 4) is 5.75 Å². The van der Waals surface area contributed by atoms with Crippen LogP contribution >= 0.6 is 0 Å². The minimum Gasteiger partial charge on any atom is -0.425 e. The van der Waals surface area contributed by atoms with Crippen LogP contribution in [0.1, 0.15) is 37.8 Å². The van der Waals surface area contributed by atoms with Gasteiger partial charge in [-0.2, -0.15) is 0 Å². The number of benzene rings is 1. The molecule has 0 spiro atoms. The lowest BCUT2D eigenvalue weighted by atomic mass is 9.91. The van der Waals surface area contributed by atoms with Crippen molar-refractivity contribution in [2.24, 2.45) is 11.7 Å². The highest BCUT2D eigenvalue weighted by atomic mass is 16.5. The summed E-state index contributed by atoms with van der Waals surface area (Å²) in [7, 11) is 0. The van der Waals surface area contributed by atoms with Crippen LogP contribution in [0.5, 0.6) is 5.75 Å². The third-order valence-corrected chi connectivity index (χ3v) is 3.55. The van der Waals surface area contributed by atoms with Gasteiger partial charge in [0.2, 0.25) is 0 Å². The molecule has 0 amide bonds. The van der Waals surface area contributed by atoms with E-state index in [0.717, 1.165) is 19.3 Å². The van der Waals surface area contributed by atoms with Crippen molar-refractivity contribution in [2.45, 2.75) is 45.6 Å². The molecule has 0 fully saturated rings. The van der Waals surface area contributed by atoms with Gasteiger partial charge in [0, 0.05) is 0 Å². The largest absolute Gasteiger partial charge is 0.425 e. The van der Waals surface area contributed by atoms with Crippen molar-refractivity contribution in [2.75, 3.05) is 0 Å². The van der Waals surface area contributed by atoms with Crippen LogP contribution in [0.3, 0.4) is 0 Å². The second-order valence-corrected chi connectivity index (χ2v) is 5.29. The van der Waals surface area contributed by atoms with E-state index in [0.29, 0.717) is 5.75 Å². The van der Waals surface area contributed by atoms with E-state index in [4.69, 9.17) is 10.5 Å². The summed E-state index contributed by atoms with van der Waals surface area (Å²) in [6.45, 7) is 3.85. The topological polar surface area (TPSA) is 52.3 Å². The molecular formula is C15H21NO2. The number of carbonyl (C=O) groups is 1. The van der Waals surface area contributed by atoms with Crippen LogP contribution in [0.4, 0.5) is 0 Å². The number of rotatable bonds is 3. The van der Waals surface area contributed by atoms with Crippen LogP contribution in [-0.2, 0) is 17.6 Å². The first-order chi connectivity index (χ1) is 8.59. The van der Waals surface area contributed by atoms with E-state index < -0.39 is 6.04 Å². The van der Waals surface area contributed by atoms with Gasteiger partial charge in [0.15, 0.2) is 0 Å². The van der Waals surface area contributed by atoms with Crippen molar-refractivity contribution < 1.29 is 9.53 Å². The number of fused-ring (bicyclic) bond motifs is 1. The Balaban J connectivity index is 2.17. The fourth-order valence-electron chi connectivity index (χ4n) is 2.29. The summed E-state index contributed by atoms with van der Waals surface area (Å²) in [6, 6.07) is 5.39. The fourth-order valence-corrected chi connectivity index (χ4v) is 2.29. The number of aryl methyl sites for hydroxylation is 1. The molecular weight excluding hydrogens is 226 g/mol. The maximum absolute atomic E-state index is 11.9. The van der Waals surface area contributed by atoms with E-state index >= 15 is 0 Å². The SMILES string of the molecule is CC(C)C(N)C(=O)Oc1cccc2c1CCCC2. The number of nitrogens with two attached hydrogens (primary N) is 1. The van der Waals surface area contributed by atoms with Gasteiger partial charge in [0.05, 0.1) is 0 Å². The summed E-state index contributed by atoms with van der Waals surface area (Å²) in [5.41, 5.74) is 8.31. The standard InChI is InChI=1S/C15H21NO2/c1-10(2)14(16)15(17)18-13-9-5-7-11-6-3-4-8-12(11)13/h5,7,9-10,14H,3-4,6,8,16H2,1-2H3. The van der Waals surface area contributed by atoms with E-state index in [2.05, 4.69) is 6.07 Å². The van der Waals surface area contributed by atoms with E-state index in [1.807, 2.05) is 26.0 Å². The summed E-state index contributed by atoms with van der Waals surface area (Å²) in [6.07, 6.45) is 4.46. The van der Waals surface area contributed by atoms with Gasteiger partial charge in [-0.05, 0) is 48.8 Å². The van der Waals surface area contributed by atoms with Crippen LogP contribution in [-0.4, -0.2) is 12.0 Å². The molecule has 0 radical (unpaired) electrons. The van der Waals surface area contributed by atoms with Crippen LogP contribution in [0.2, 0.25) is 0 Å². The number of hydrogen-bond acceptors (Lipinski definition) is 3. The molecule has 3 heteroatoms. The molecule has 0 saturated carbocycles. The van der Waals surface area contributed by atoms with Gasteiger partial charge < -0.3 is 10.5 Å². The molecule has 0 saturated heterocycles. The number of hydrogen-bond donors (Lipinski definition) is 1. The molecule has 1 aliphatic carbocycles. The molecule has 1 unspecified atom stereocenters. The van der Waals surface area contributed by atoms with E-state index in [1.165, 1.54) is 17.5 Å². The summed E-state index contributed by atoms with van der Waals surface area (Å²) in [5.74, 6) is 0.467. The van der Waals surface area contributed by atoms with Crippen molar-refractivity contribution in [1.82, 2.24) is 0 Å². The monoisotopic (exact) mass is 247 g/mol. The van der Waals surface area contributed by atoms with Crippen LogP contribution in [0, 0.1) is 5.92 Å². The van der Waals surface area contributed by atoms with Gasteiger partial charge in [-0.3, -0.25) is 0 Å². The first-order valence-corrected chi connectivity index (χ1v) is 6.67. The molecule has 0 heterocycles. The third kappa shape index (κ3) is 2.72. The van der Waals surface area contributed by atoms with E-state index in [1.54, 1.807) is 0 Å². The third-order valence-electron chi connectivity index (χ3n) is 3.55. The smallest absolute Gasteiger partial charge is 0.328 e. The van der Waals surface area contributed by atoms with E-state index in [9.17, 15) is 4.79 Å². The fraction of sp³-hybridized carbons (Fsp3) is 0.533. The van der Waals surface area contributed by atoms with Crippen LogP contribution in [0.15, 0.2) is 18.2 Å². The molecule has 2 N–H and O–H groups in total. The van der Waals surface area contributed by atoms with Gasteiger partial charge in [-0.25, -0.2) is 4.79 Å². The second kappa shape index (κ2) is 5.53. The zero-order chi connectivity index (χ0) is 13.1. The molecule has 0 aromatic heterocycles. The molecule has 3 nitrogen and oxygen atoms in total. The Bertz CT molecular complexity index is 440. The average molecular weight is 247 g/mol. The number of ether oxygens (including phenoxy) is 1. The van der Waals surface area contributed by atoms with Gasteiger partial charge in [0.25, 0.3) is 0 Å². The Kier molecular flexibility index (Phi) is 4.02. The van der Waals surface area contributed by atoms with Crippen molar-refractivity contribution >= 4 is 5.97 Å². The normalized spacial score (nSPS) is 16.2. The van der Waals surface area contributed by atoms with Crippen molar-refractivity contribution in [3.63, 3.8) is 0 Å². The molecule has 1 aliphatic rings. The minimum atomic E-state index is -0.551. The Morgan fingerprint density at radius 1 is 1.28 bits per heavy atom. The number of carbonyl (C=O) groups excluding carboxylic acids is 1. The summed E-state index contributed by atoms with van der Waals surface area (Å²) >= 11 is 0. The predicted octanol–water partition coefficient (Wildman–Crippen LogP) is 2.45. The zero-order valence-corrected chi connectivity index (χ0v) is 11.1. The van der Waals surface area contributed by atoms with E-state index in [-0.39, 0.29) is 11.9 Å². The summed E-state index contributed by atoms with van der Waals surface area (Å²) in [5, 5.41) is 0. The van der Waals surface area contributed by atoms with Crippen LogP contribution in [0.25, 0.3) is 0 Å². The molecule has 2 rings (SSSR count). The minimum absolute atomic E-state index is 0.0945. The molecule has 0 bridgehead atoms. The number of esters is 1. The molecule has 98 valence electrons. The van der Waals surface area contributed by atoms with Crippen molar-refractivity contribution in [1.29, 1.82) is 0 Å². The van der Waals surface area contributed by atoms with Gasteiger partial charge in [-0.15, -0.1) is 0 Å². The first kappa shape index (κ1) is 13.1. The Hall–Kier alpha value is -1.35. The molecule has 0 aliphatic heterocycles. The Morgan fingerprint density at radius 2 is 2.00 bits per heavy atom. The average Bonchev–Trinajstić information content (AvgIpc) is 2.38. The molecule has 1 aromatic rings. The Morgan fingerprint density at radius 3 is 2.72 bits per heavy atom. The lowest BCUT2D eigenvalue weighted by Crippen LogP contribution is -2.38. The lowest BCUT2D eigenvalue weighted by Gasteiger charge is -2.20. The van der Waals surface area contributed by atoms with Crippen molar-refractivity contribution in [3.05, 3.63) is 29.3 Å². The highest BCUT2D eigenvalue weighted by Crippen LogP contribution is 2.29. The highest BCUT2D eigenvalue weighted by molar-refractivity contribution is 5.78. The summed E-state index contributed by atoms with van der Waals surface area (Å²) in [4.78, 5) is 11.9. The van der Waals surface area contributed by atoms with Gasteiger partial charge in [-0.1, -0.05) is 26.0 Å². The maximum atomic E-state index is 11.9. The zero-order valence-electron chi connectivity index (χ0n) is 11.1. The van der Waals surface area contributed by atoms with Crippen LogP contribution < -0.4 is 10.5 Å². The van der Waals surface area contributed by atoms with Gasteiger partial charge in [0.1, 0.15) is 11.8 Å². The Labute approximate surface area is 108 Å². The van der Waals surface area contributed by atoms with Gasteiger partial charge >= 0.3 is 5.97 Å². The molecule has 1 aromatic carbocycles. The molecule has 1 atom stereocenters. The maximum Gasteiger partial charge on any atom is 0.328 e. The predicted molar refractivity (Wildman–Crippen MR) is 71.5 cm³/mol. The highest BCUT2D eigenvalue weighted by Gasteiger charge is 2.22.